The van der Waals surface area contributed by atoms with Gasteiger partial charge in [-0.25, -0.2) is 0 Å². The van der Waals surface area contributed by atoms with Gasteiger partial charge in [0.25, 0.3) is 0 Å². The molecule has 3 aliphatic heterocycles. The molecule has 4 nitrogen and oxygen atoms in total. The van der Waals surface area contributed by atoms with E-state index in [1.54, 1.807) is 11.8 Å². The van der Waals surface area contributed by atoms with Crippen molar-refractivity contribution in [2.75, 3.05) is 5.75 Å². The summed E-state index contributed by atoms with van der Waals surface area (Å²) in [4.78, 5) is 27.4. The number of amides is 1. The lowest BCUT2D eigenvalue weighted by atomic mass is 9.89. The number of carboxylic acids is 1. The monoisotopic (exact) mass is 303 g/mol. The SMILES string of the molecule is O=C(O)C1CC2CCC1N2C(=O)C1CSc2ccccc21. The molecule has 0 aliphatic carbocycles. The summed E-state index contributed by atoms with van der Waals surface area (Å²) in [6.07, 6.45) is 2.43. The van der Waals surface area contributed by atoms with Gasteiger partial charge in [0.2, 0.25) is 5.91 Å². The molecule has 1 aromatic carbocycles. The van der Waals surface area contributed by atoms with Crippen LogP contribution in [0.1, 0.15) is 30.7 Å². The fourth-order valence-electron chi connectivity index (χ4n) is 4.14. The molecule has 3 aliphatic rings. The van der Waals surface area contributed by atoms with E-state index in [-0.39, 0.29) is 29.8 Å². The lowest BCUT2D eigenvalue weighted by Gasteiger charge is -2.26. The number of rotatable bonds is 2. The van der Waals surface area contributed by atoms with Gasteiger partial charge in [0.15, 0.2) is 0 Å². The highest BCUT2D eigenvalue weighted by Crippen LogP contribution is 2.46. The van der Waals surface area contributed by atoms with Crippen molar-refractivity contribution in [3.05, 3.63) is 29.8 Å². The molecule has 1 N–H and O–H groups in total. The second-order valence-corrected chi connectivity index (χ2v) is 7.19. The van der Waals surface area contributed by atoms with Crippen LogP contribution in [0.25, 0.3) is 0 Å². The van der Waals surface area contributed by atoms with Crippen molar-refractivity contribution in [1.29, 1.82) is 0 Å². The van der Waals surface area contributed by atoms with Crippen molar-refractivity contribution in [2.45, 2.75) is 42.2 Å². The zero-order valence-corrected chi connectivity index (χ0v) is 12.4. The van der Waals surface area contributed by atoms with E-state index in [1.165, 1.54) is 4.90 Å². The third-order valence-corrected chi connectivity index (χ3v) is 6.29. The molecule has 2 fully saturated rings. The summed E-state index contributed by atoms with van der Waals surface area (Å²) in [6, 6.07) is 8.12. The second-order valence-electron chi connectivity index (χ2n) is 6.13. The van der Waals surface area contributed by atoms with E-state index < -0.39 is 5.97 Å². The third-order valence-electron chi connectivity index (χ3n) is 5.11. The summed E-state index contributed by atoms with van der Waals surface area (Å²) in [5.74, 6) is -0.282. The fourth-order valence-corrected chi connectivity index (χ4v) is 5.36. The van der Waals surface area contributed by atoms with Crippen molar-refractivity contribution in [2.24, 2.45) is 5.92 Å². The zero-order chi connectivity index (χ0) is 14.6. The van der Waals surface area contributed by atoms with Crippen LogP contribution in [0.2, 0.25) is 0 Å². The number of benzene rings is 1. The minimum Gasteiger partial charge on any atom is -0.481 e. The molecule has 3 heterocycles. The minimum atomic E-state index is -0.749. The molecule has 1 amide bonds. The number of carbonyl (C=O) groups excluding carboxylic acids is 1. The highest BCUT2D eigenvalue weighted by atomic mass is 32.2. The Bertz CT molecular complexity index is 617. The van der Waals surface area contributed by atoms with E-state index in [1.807, 2.05) is 23.1 Å². The molecule has 4 atom stereocenters. The number of thioether (sulfide) groups is 1. The molecule has 0 spiro atoms. The van der Waals surface area contributed by atoms with Gasteiger partial charge in [0, 0.05) is 22.7 Å². The minimum absolute atomic E-state index is 0.0854. The summed E-state index contributed by atoms with van der Waals surface area (Å²) >= 11 is 1.73. The Morgan fingerprint density at radius 3 is 2.81 bits per heavy atom. The molecule has 2 bridgehead atoms. The molecule has 21 heavy (non-hydrogen) atoms. The second kappa shape index (κ2) is 4.77. The predicted molar refractivity (Wildman–Crippen MR) is 79.3 cm³/mol. The number of hydrogen-bond acceptors (Lipinski definition) is 3. The van der Waals surface area contributed by atoms with Crippen LogP contribution in [-0.4, -0.2) is 39.7 Å². The van der Waals surface area contributed by atoms with Gasteiger partial charge in [0.1, 0.15) is 0 Å². The smallest absolute Gasteiger partial charge is 0.308 e. The maximum Gasteiger partial charge on any atom is 0.308 e. The molecule has 4 unspecified atom stereocenters. The Morgan fingerprint density at radius 1 is 1.24 bits per heavy atom. The number of carboxylic acid groups (broad SMARTS) is 1. The van der Waals surface area contributed by atoms with Gasteiger partial charge in [-0.2, -0.15) is 0 Å². The van der Waals surface area contributed by atoms with E-state index in [2.05, 4.69) is 6.07 Å². The zero-order valence-electron chi connectivity index (χ0n) is 11.6. The molecule has 110 valence electrons. The Labute approximate surface area is 127 Å². The molecule has 5 heteroatoms. The lowest BCUT2D eigenvalue weighted by Crippen LogP contribution is -2.40. The van der Waals surface area contributed by atoms with Gasteiger partial charge in [0.05, 0.1) is 11.8 Å². The predicted octanol–water partition coefficient (Wildman–Crippen LogP) is 2.34. The van der Waals surface area contributed by atoms with Gasteiger partial charge in [-0.15, -0.1) is 11.8 Å². The fraction of sp³-hybridized carbons (Fsp3) is 0.500. The number of hydrogen-bond donors (Lipinski definition) is 1. The largest absolute Gasteiger partial charge is 0.481 e. The van der Waals surface area contributed by atoms with Crippen LogP contribution in [-0.2, 0) is 9.59 Å². The van der Waals surface area contributed by atoms with Crippen LogP contribution in [0.3, 0.4) is 0 Å². The highest BCUT2D eigenvalue weighted by Gasteiger charge is 2.52. The summed E-state index contributed by atoms with van der Waals surface area (Å²) < 4.78 is 0. The van der Waals surface area contributed by atoms with E-state index in [0.717, 1.165) is 24.2 Å². The number of nitrogens with zero attached hydrogens (tertiary/aromatic N) is 1. The van der Waals surface area contributed by atoms with Crippen molar-refractivity contribution in [1.82, 2.24) is 4.90 Å². The van der Waals surface area contributed by atoms with E-state index >= 15 is 0 Å². The molecule has 4 rings (SSSR count). The van der Waals surface area contributed by atoms with Crippen LogP contribution >= 0.6 is 11.8 Å². The normalized spacial score (nSPS) is 33.2. The lowest BCUT2D eigenvalue weighted by molar-refractivity contribution is -0.143. The highest BCUT2D eigenvalue weighted by molar-refractivity contribution is 7.99. The van der Waals surface area contributed by atoms with Crippen LogP contribution in [0, 0.1) is 5.92 Å². The van der Waals surface area contributed by atoms with E-state index in [4.69, 9.17) is 0 Å². The number of carbonyl (C=O) groups is 2. The topological polar surface area (TPSA) is 57.6 Å². The number of aliphatic carboxylic acids is 1. The molecule has 2 saturated heterocycles. The van der Waals surface area contributed by atoms with Crippen LogP contribution in [0.15, 0.2) is 29.2 Å². The Balaban J connectivity index is 1.61. The molecule has 0 radical (unpaired) electrons. The van der Waals surface area contributed by atoms with Crippen molar-refractivity contribution in [3.63, 3.8) is 0 Å². The maximum absolute atomic E-state index is 13.0. The summed E-state index contributed by atoms with van der Waals surface area (Å²) in [6.45, 7) is 0. The average Bonchev–Trinajstić information content (AvgIpc) is 3.18. The first kappa shape index (κ1) is 13.2. The first-order valence-corrected chi connectivity index (χ1v) is 8.42. The summed E-state index contributed by atoms with van der Waals surface area (Å²) in [5.41, 5.74) is 1.12. The Kier molecular flexibility index (Phi) is 2.99. The van der Waals surface area contributed by atoms with Gasteiger partial charge in [-0.1, -0.05) is 18.2 Å². The first-order chi connectivity index (χ1) is 10.2. The third kappa shape index (κ3) is 1.90. The van der Waals surface area contributed by atoms with Gasteiger partial charge < -0.3 is 10.0 Å². The van der Waals surface area contributed by atoms with Crippen LogP contribution < -0.4 is 0 Å². The Hall–Kier alpha value is -1.49. The van der Waals surface area contributed by atoms with Gasteiger partial charge in [-0.05, 0) is 30.9 Å². The molecular weight excluding hydrogens is 286 g/mol. The first-order valence-electron chi connectivity index (χ1n) is 7.43. The van der Waals surface area contributed by atoms with Gasteiger partial charge in [-0.3, -0.25) is 9.59 Å². The Morgan fingerprint density at radius 2 is 2.05 bits per heavy atom. The average molecular weight is 303 g/mol. The summed E-state index contributed by atoms with van der Waals surface area (Å²) in [7, 11) is 0. The van der Waals surface area contributed by atoms with Crippen molar-refractivity contribution in [3.8, 4) is 0 Å². The maximum atomic E-state index is 13.0. The van der Waals surface area contributed by atoms with Crippen molar-refractivity contribution >= 4 is 23.6 Å². The van der Waals surface area contributed by atoms with Gasteiger partial charge >= 0.3 is 5.97 Å². The van der Waals surface area contributed by atoms with E-state index in [0.29, 0.717) is 6.42 Å². The molecule has 0 aromatic heterocycles. The van der Waals surface area contributed by atoms with E-state index in [9.17, 15) is 14.7 Å². The molecule has 0 saturated carbocycles. The number of fused-ring (bicyclic) bond motifs is 3. The standard InChI is InChI=1S/C16H17NO3S/c18-15(12-8-21-14-4-2-1-3-10(12)14)17-9-5-6-13(17)11(7-9)16(19)20/h1-4,9,11-13H,5-8H2,(H,19,20). The molecular formula is C16H17NO3S. The van der Waals surface area contributed by atoms with Crippen LogP contribution in [0.4, 0.5) is 0 Å². The quantitative estimate of drug-likeness (QED) is 0.911. The summed E-state index contributed by atoms with van der Waals surface area (Å²) in [5, 5.41) is 9.32. The van der Waals surface area contributed by atoms with Crippen LogP contribution in [0.5, 0.6) is 0 Å². The molecule has 1 aromatic rings. The van der Waals surface area contributed by atoms with Crippen molar-refractivity contribution < 1.29 is 14.7 Å².